The molecule has 0 spiro atoms. The van der Waals surface area contributed by atoms with Gasteiger partial charge in [-0.15, -0.1) is 12.3 Å². The zero-order valence-electron chi connectivity index (χ0n) is 15.4. The van der Waals surface area contributed by atoms with E-state index in [1.54, 1.807) is 0 Å². The number of benzene rings is 1. The molecule has 3 rings (SSSR count). The highest BCUT2D eigenvalue weighted by atomic mass is 19.3. The van der Waals surface area contributed by atoms with E-state index < -0.39 is 54.4 Å². The van der Waals surface area contributed by atoms with Gasteiger partial charge in [-0.1, -0.05) is 6.58 Å². The topological polar surface area (TPSA) is 126 Å². The molecular weight excluding hydrogens is 406 g/mol. The Morgan fingerprint density at radius 1 is 1.27 bits per heavy atom. The number of terminal acetylenes is 1. The number of allylic oxidation sites excluding steroid dienone is 2. The molecule has 0 aliphatic carbocycles. The third-order valence-electron chi connectivity index (χ3n) is 4.64. The fourth-order valence-electron chi connectivity index (χ4n) is 3.22. The van der Waals surface area contributed by atoms with E-state index in [0.29, 0.717) is 11.1 Å². The Balaban J connectivity index is 2.00. The number of rotatable bonds is 5. The zero-order valence-corrected chi connectivity index (χ0v) is 15.4. The number of carboxylic acid groups (broad SMARTS) is 1. The molecule has 2 heterocycles. The lowest BCUT2D eigenvalue weighted by Gasteiger charge is -2.38. The Hall–Kier alpha value is -2.97. The van der Waals surface area contributed by atoms with E-state index in [-0.39, 0.29) is 17.9 Å². The number of hydrogen-bond donors (Lipinski definition) is 4. The first kappa shape index (κ1) is 21.7. The van der Waals surface area contributed by atoms with Crippen LogP contribution in [0.5, 0.6) is 11.5 Å². The summed E-state index contributed by atoms with van der Waals surface area (Å²) in [4.78, 5) is 11.2. The predicted molar refractivity (Wildman–Crippen MR) is 97.5 cm³/mol. The molecule has 5 unspecified atom stereocenters. The van der Waals surface area contributed by atoms with Gasteiger partial charge in [0.25, 0.3) is 6.43 Å². The molecule has 1 aromatic rings. The molecule has 4 N–H and O–H groups in total. The van der Waals surface area contributed by atoms with Gasteiger partial charge in [0.15, 0.2) is 6.10 Å². The Kier molecular flexibility index (Phi) is 6.09. The standard InChI is InChI=1S/C20H18F2O8/c1-3-4-9-7-8(2)28-16-10(9)5-6-11(12(16)18(21)22)29-20-15(25)13(23)14(24)17(30-20)19(26)27/h1,5-7,13-15,17-18,20,23-25H,2,4H2,(H,26,27). The summed E-state index contributed by atoms with van der Waals surface area (Å²) >= 11 is 0. The molecule has 0 bridgehead atoms. The SMILES string of the molecule is C#CCC1=CC(=C)Oc2c1ccc(OC1OC(C(=O)O)C(O)C(O)C1O)c2C(F)F. The Labute approximate surface area is 169 Å². The number of halogens is 2. The van der Waals surface area contributed by atoms with Crippen LogP contribution < -0.4 is 9.47 Å². The molecule has 0 amide bonds. The van der Waals surface area contributed by atoms with Gasteiger partial charge in [-0.05, 0) is 23.8 Å². The van der Waals surface area contributed by atoms with Crippen molar-refractivity contribution in [2.75, 3.05) is 0 Å². The zero-order chi connectivity index (χ0) is 22.2. The van der Waals surface area contributed by atoms with Crippen molar-refractivity contribution in [2.45, 2.75) is 43.6 Å². The van der Waals surface area contributed by atoms with Gasteiger partial charge in [0, 0.05) is 12.0 Å². The number of ether oxygens (including phenoxy) is 3. The summed E-state index contributed by atoms with van der Waals surface area (Å²) < 4.78 is 43.5. The molecule has 5 atom stereocenters. The summed E-state index contributed by atoms with van der Waals surface area (Å²) in [7, 11) is 0. The molecule has 0 saturated carbocycles. The molecule has 1 aromatic carbocycles. The molecule has 0 aromatic heterocycles. The molecule has 2 aliphatic heterocycles. The molecule has 1 fully saturated rings. The molecule has 8 nitrogen and oxygen atoms in total. The lowest BCUT2D eigenvalue weighted by Crippen LogP contribution is -2.61. The van der Waals surface area contributed by atoms with E-state index in [0.717, 1.165) is 6.07 Å². The Bertz CT molecular complexity index is 935. The van der Waals surface area contributed by atoms with Crippen LogP contribution >= 0.6 is 0 Å². The van der Waals surface area contributed by atoms with Gasteiger partial charge in [-0.2, -0.15) is 0 Å². The maximum Gasteiger partial charge on any atom is 0.335 e. The van der Waals surface area contributed by atoms with Gasteiger partial charge in [0.1, 0.15) is 41.1 Å². The Morgan fingerprint density at radius 3 is 2.57 bits per heavy atom. The third-order valence-corrected chi connectivity index (χ3v) is 4.64. The van der Waals surface area contributed by atoms with Crippen LogP contribution in [0, 0.1) is 12.3 Å². The molecular formula is C20H18F2O8. The predicted octanol–water partition coefficient (Wildman–Crippen LogP) is 1.21. The second kappa shape index (κ2) is 8.41. The molecule has 10 heteroatoms. The van der Waals surface area contributed by atoms with Crippen molar-refractivity contribution in [3.8, 4) is 23.8 Å². The number of hydrogen-bond acceptors (Lipinski definition) is 7. The quantitative estimate of drug-likeness (QED) is 0.520. The van der Waals surface area contributed by atoms with Gasteiger partial charge < -0.3 is 34.6 Å². The van der Waals surface area contributed by atoms with Crippen molar-refractivity contribution in [3.63, 3.8) is 0 Å². The van der Waals surface area contributed by atoms with Crippen molar-refractivity contribution >= 4 is 11.5 Å². The highest BCUT2D eigenvalue weighted by molar-refractivity contribution is 5.78. The first-order chi connectivity index (χ1) is 14.1. The van der Waals surface area contributed by atoms with Crippen molar-refractivity contribution in [3.05, 3.63) is 41.7 Å². The molecule has 1 saturated heterocycles. The third kappa shape index (κ3) is 3.88. The van der Waals surface area contributed by atoms with Crippen LogP contribution in [0.3, 0.4) is 0 Å². The van der Waals surface area contributed by atoms with Gasteiger partial charge in [0.05, 0.1) is 0 Å². The fourth-order valence-corrected chi connectivity index (χ4v) is 3.22. The molecule has 160 valence electrons. The monoisotopic (exact) mass is 424 g/mol. The van der Waals surface area contributed by atoms with E-state index >= 15 is 0 Å². The average Bonchev–Trinajstić information content (AvgIpc) is 2.67. The smallest absolute Gasteiger partial charge is 0.335 e. The lowest BCUT2D eigenvalue weighted by molar-refractivity contribution is -0.271. The van der Waals surface area contributed by atoms with Crippen LogP contribution in [0.1, 0.15) is 24.0 Å². The minimum absolute atomic E-state index is 0.0743. The maximum atomic E-state index is 13.9. The minimum Gasteiger partial charge on any atom is -0.479 e. The molecule has 30 heavy (non-hydrogen) atoms. The van der Waals surface area contributed by atoms with E-state index in [1.165, 1.54) is 12.1 Å². The van der Waals surface area contributed by atoms with Crippen molar-refractivity contribution in [1.82, 2.24) is 0 Å². The summed E-state index contributed by atoms with van der Waals surface area (Å²) in [6.07, 6.45) is -5.73. The van der Waals surface area contributed by atoms with Crippen molar-refractivity contribution < 1.29 is 48.2 Å². The van der Waals surface area contributed by atoms with Crippen LogP contribution in [-0.4, -0.2) is 57.1 Å². The second-order valence-electron chi connectivity index (χ2n) is 6.63. The maximum absolute atomic E-state index is 13.9. The number of carbonyl (C=O) groups is 1. The summed E-state index contributed by atoms with van der Waals surface area (Å²) in [5, 5.41) is 38.8. The summed E-state index contributed by atoms with van der Waals surface area (Å²) in [5.74, 6) is 0.129. The van der Waals surface area contributed by atoms with Crippen LogP contribution in [0.15, 0.2) is 30.5 Å². The fraction of sp³-hybridized carbons (Fsp3) is 0.350. The van der Waals surface area contributed by atoms with E-state index in [4.69, 9.17) is 25.7 Å². The van der Waals surface area contributed by atoms with Gasteiger partial charge >= 0.3 is 5.97 Å². The summed E-state index contributed by atoms with van der Waals surface area (Å²) in [6, 6.07) is 2.56. The van der Waals surface area contributed by atoms with Crippen molar-refractivity contribution in [2.24, 2.45) is 0 Å². The van der Waals surface area contributed by atoms with Gasteiger partial charge in [-0.3, -0.25) is 0 Å². The first-order valence-electron chi connectivity index (χ1n) is 8.71. The average molecular weight is 424 g/mol. The van der Waals surface area contributed by atoms with Crippen LogP contribution in [-0.2, 0) is 9.53 Å². The van der Waals surface area contributed by atoms with E-state index in [2.05, 4.69) is 12.5 Å². The number of alkyl halides is 2. The highest BCUT2D eigenvalue weighted by Crippen LogP contribution is 2.46. The van der Waals surface area contributed by atoms with Gasteiger partial charge in [0.2, 0.25) is 6.29 Å². The first-order valence-corrected chi connectivity index (χ1v) is 8.71. The van der Waals surface area contributed by atoms with E-state index in [1.807, 2.05) is 0 Å². The molecule has 0 radical (unpaired) electrons. The summed E-state index contributed by atoms with van der Waals surface area (Å²) in [5.41, 5.74) is 0.127. The molecule has 2 aliphatic rings. The minimum atomic E-state index is -3.10. The highest BCUT2D eigenvalue weighted by Gasteiger charge is 2.48. The number of carboxylic acids is 1. The largest absolute Gasteiger partial charge is 0.479 e. The number of aliphatic hydroxyl groups excluding tert-OH is 3. The van der Waals surface area contributed by atoms with Crippen LogP contribution in [0.25, 0.3) is 5.57 Å². The lowest BCUT2D eigenvalue weighted by atomic mass is 9.95. The van der Waals surface area contributed by atoms with Crippen LogP contribution in [0.4, 0.5) is 8.78 Å². The van der Waals surface area contributed by atoms with E-state index in [9.17, 15) is 28.9 Å². The number of fused-ring (bicyclic) bond motifs is 1. The summed E-state index contributed by atoms with van der Waals surface area (Å²) in [6.45, 7) is 3.61. The number of aliphatic carboxylic acids is 1. The van der Waals surface area contributed by atoms with Gasteiger partial charge in [-0.25, -0.2) is 13.6 Å². The van der Waals surface area contributed by atoms with Crippen LogP contribution in [0.2, 0.25) is 0 Å². The second-order valence-corrected chi connectivity index (χ2v) is 6.63. The Morgan fingerprint density at radius 2 is 1.97 bits per heavy atom. The normalized spacial score (nSPS) is 28.2. The van der Waals surface area contributed by atoms with Crippen molar-refractivity contribution in [1.29, 1.82) is 0 Å². The number of aliphatic hydroxyl groups is 3.